The molecule has 2 heteroatoms. The van der Waals surface area contributed by atoms with E-state index in [0.29, 0.717) is 5.56 Å². The Morgan fingerprint density at radius 2 is 1.80 bits per heavy atom. The third kappa shape index (κ3) is 3.67. The summed E-state index contributed by atoms with van der Waals surface area (Å²) in [4.78, 5) is 0. The van der Waals surface area contributed by atoms with Crippen molar-refractivity contribution in [1.82, 2.24) is 5.32 Å². The molecular weight excluding hydrogens is 249 g/mol. The second kappa shape index (κ2) is 7.20. The maximum Gasteiger partial charge on any atom is 0.130 e. The number of nitrogens with one attached hydrogen (secondary N) is 1. The molecule has 0 fully saturated rings. The van der Waals surface area contributed by atoms with Crippen molar-refractivity contribution in [1.29, 1.82) is 0 Å². The van der Waals surface area contributed by atoms with E-state index in [1.807, 2.05) is 38.2 Å². The summed E-state index contributed by atoms with van der Waals surface area (Å²) in [5.74, 6) is -0.0773. The molecule has 2 rings (SSSR count). The summed E-state index contributed by atoms with van der Waals surface area (Å²) in [6, 6.07) is 16.1. The van der Waals surface area contributed by atoms with Gasteiger partial charge in [-0.15, -0.1) is 0 Å². The van der Waals surface area contributed by atoms with Crippen molar-refractivity contribution in [2.24, 2.45) is 0 Å². The number of aryl methyl sites for hydroxylation is 2. The highest BCUT2D eigenvalue weighted by Crippen LogP contribution is 2.23. The van der Waals surface area contributed by atoms with Crippen LogP contribution in [0.2, 0.25) is 0 Å². The highest BCUT2D eigenvalue weighted by Gasteiger charge is 2.14. The van der Waals surface area contributed by atoms with Crippen LogP contribution in [-0.2, 0) is 6.42 Å². The average Bonchev–Trinajstić information content (AvgIpc) is 2.48. The third-order valence-corrected chi connectivity index (χ3v) is 3.75. The molecule has 0 spiro atoms. The molecule has 2 aromatic carbocycles. The first kappa shape index (κ1) is 14.7. The van der Waals surface area contributed by atoms with Gasteiger partial charge in [-0.1, -0.05) is 48.5 Å². The maximum atomic E-state index is 14.1. The van der Waals surface area contributed by atoms with Gasteiger partial charge in [0.2, 0.25) is 0 Å². The van der Waals surface area contributed by atoms with E-state index in [2.05, 4.69) is 29.6 Å². The lowest BCUT2D eigenvalue weighted by molar-refractivity contribution is 0.492. The fraction of sp³-hybridized carbons (Fsp3) is 0.333. The van der Waals surface area contributed by atoms with E-state index in [1.54, 1.807) is 0 Å². The van der Waals surface area contributed by atoms with Gasteiger partial charge in [0.1, 0.15) is 5.82 Å². The first-order valence-electron chi connectivity index (χ1n) is 7.18. The molecule has 0 aliphatic heterocycles. The summed E-state index contributed by atoms with van der Waals surface area (Å²) in [5.41, 5.74) is 2.83. The lowest BCUT2D eigenvalue weighted by atomic mass is 9.97. The van der Waals surface area contributed by atoms with E-state index in [9.17, 15) is 4.39 Å². The molecule has 2 aromatic rings. The number of benzene rings is 2. The van der Waals surface area contributed by atoms with Crippen LogP contribution in [0.25, 0.3) is 0 Å². The molecule has 0 amide bonds. The smallest absolute Gasteiger partial charge is 0.130 e. The number of hydrogen-bond donors (Lipinski definition) is 1. The van der Waals surface area contributed by atoms with Crippen LogP contribution in [0, 0.1) is 12.7 Å². The van der Waals surface area contributed by atoms with Crippen molar-refractivity contribution in [2.45, 2.75) is 32.2 Å². The maximum absolute atomic E-state index is 14.1. The molecule has 20 heavy (non-hydrogen) atoms. The van der Waals surface area contributed by atoms with E-state index in [0.717, 1.165) is 24.8 Å². The van der Waals surface area contributed by atoms with E-state index >= 15 is 0 Å². The fourth-order valence-corrected chi connectivity index (χ4v) is 2.55. The SMILES string of the molecule is CNC(CCCc1ccccc1)c1cccc(C)c1F. The highest BCUT2D eigenvalue weighted by atomic mass is 19.1. The monoisotopic (exact) mass is 271 g/mol. The summed E-state index contributed by atoms with van der Waals surface area (Å²) in [6.45, 7) is 1.82. The van der Waals surface area contributed by atoms with Crippen molar-refractivity contribution < 1.29 is 4.39 Å². The van der Waals surface area contributed by atoms with Gasteiger partial charge >= 0.3 is 0 Å². The van der Waals surface area contributed by atoms with Crippen LogP contribution in [0.5, 0.6) is 0 Å². The van der Waals surface area contributed by atoms with Crippen molar-refractivity contribution in [2.75, 3.05) is 7.05 Å². The largest absolute Gasteiger partial charge is 0.313 e. The fourth-order valence-electron chi connectivity index (χ4n) is 2.55. The summed E-state index contributed by atoms with van der Waals surface area (Å²) >= 11 is 0. The zero-order valence-electron chi connectivity index (χ0n) is 12.2. The Hall–Kier alpha value is -1.67. The molecule has 0 saturated heterocycles. The van der Waals surface area contributed by atoms with Crippen molar-refractivity contribution in [3.05, 3.63) is 71.0 Å². The number of hydrogen-bond acceptors (Lipinski definition) is 1. The van der Waals surface area contributed by atoms with Crippen LogP contribution in [-0.4, -0.2) is 7.05 Å². The zero-order chi connectivity index (χ0) is 14.4. The Bertz CT molecular complexity index is 536. The molecule has 0 heterocycles. The minimum Gasteiger partial charge on any atom is -0.313 e. The molecule has 0 saturated carbocycles. The summed E-state index contributed by atoms with van der Waals surface area (Å²) < 4.78 is 14.1. The minimum atomic E-state index is -0.0773. The van der Waals surface area contributed by atoms with Gasteiger partial charge in [0.05, 0.1) is 0 Å². The lowest BCUT2D eigenvalue weighted by Crippen LogP contribution is -2.18. The average molecular weight is 271 g/mol. The van der Waals surface area contributed by atoms with Gasteiger partial charge in [0, 0.05) is 11.6 Å². The van der Waals surface area contributed by atoms with E-state index in [1.165, 1.54) is 5.56 Å². The Labute approximate surface area is 120 Å². The topological polar surface area (TPSA) is 12.0 Å². The van der Waals surface area contributed by atoms with Crippen molar-refractivity contribution >= 4 is 0 Å². The molecular formula is C18H22FN. The number of rotatable bonds is 6. The Morgan fingerprint density at radius 1 is 1.05 bits per heavy atom. The summed E-state index contributed by atoms with van der Waals surface area (Å²) in [7, 11) is 1.90. The van der Waals surface area contributed by atoms with Gasteiger partial charge < -0.3 is 5.32 Å². The van der Waals surface area contributed by atoms with E-state index in [4.69, 9.17) is 0 Å². The molecule has 0 aromatic heterocycles. The predicted molar refractivity (Wildman–Crippen MR) is 82.3 cm³/mol. The van der Waals surface area contributed by atoms with Gasteiger partial charge in [-0.05, 0) is 44.4 Å². The third-order valence-electron chi connectivity index (χ3n) is 3.75. The first-order chi connectivity index (χ1) is 9.72. The Kier molecular flexibility index (Phi) is 5.31. The van der Waals surface area contributed by atoms with Crippen LogP contribution in [0.1, 0.15) is 35.6 Å². The predicted octanol–water partition coefficient (Wildman–Crippen LogP) is 4.42. The van der Waals surface area contributed by atoms with Gasteiger partial charge in [0.15, 0.2) is 0 Å². The van der Waals surface area contributed by atoms with Crippen molar-refractivity contribution in [3.8, 4) is 0 Å². The van der Waals surface area contributed by atoms with Gasteiger partial charge in [0.25, 0.3) is 0 Å². The molecule has 0 aliphatic rings. The second-order valence-electron chi connectivity index (χ2n) is 5.20. The second-order valence-corrected chi connectivity index (χ2v) is 5.20. The van der Waals surface area contributed by atoms with Crippen LogP contribution in [0.3, 0.4) is 0 Å². The van der Waals surface area contributed by atoms with Crippen molar-refractivity contribution in [3.63, 3.8) is 0 Å². The lowest BCUT2D eigenvalue weighted by Gasteiger charge is -2.18. The molecule has 1 unspecified atom stereocenters. The van der Waals surface area contributed by atoms with Crippen LogP contribution < -0.4 is 5.32 Å². The minimum absolute atomic E-state index is 0.0773. The normalized spacial score (nSPS) is 12.3. The molecule has 0 radical (unpaired) electrons. The molecule has 1 nitrogen and oxygen atoms in total. The van der Waals surface area contributed by atoms with Crippen LogP contribution >= 0.6 is 0 Å². The van der Waals surface area contributed by atoms with Crippen LogP contribution in [0.4, 0.5) is 4.39 Å². The molecule has 0 bridgehead atoms. The van der Waals surface area contributed by atoms with Gasteiger partial charge in [-0.2, -0.15) is 0 Å². The molecule has 1 N–H and O–H groups in total. The Balaban J connectivity index is 1.97. The van der Waals surface area contributed by atoms with Crippen LogP contribution in [0.15, 0.2) is 48.5 Å². The zero-order valence-corrected chi connectivity index (χ0v) is 12.2. The first-order valence-corrected chi connectivity index (χ1v) is 7.18. The number of halogens is 1. The Morgan fingerprint density at radius 3 is 2.50 bits per heavy atom. The quantitative estimate of drug-likeness (QED) is 0.820. The van der Waals surface area contributed by atoms with E-state index < -0.39 is 0 Å². The van der Waals surface area contributed by atoms with E-state index in [-0.39, 0.29) is 11.9 Å². The molecule has 1 atom stereocenters. The standard InChI is InChI=1S/C18H22FN/c1-14-8-6-12-16(18(14)19)17(20-2)13-7-11-15-9-4-3-5-10-15/h3-6,8-10,12,17,20H,7,11,13H2,1-2H3. The summed E-state index contributed by atoms with van der Waals surface area (Å²) in [6.07, 6.45) is 3.02. The molecule has 0 aliphatic carbocycles. The van der Waals surface area contributed by atoms with Gasteiger partial charge in [-0.25, -0.2) is 4.39 Å². The highest BCUT2D eigenvalue weighted by molar-refractivity contribution is 5.27. The molecule has 106 valence electrons. The van der Waals surface area contributed by atoms with Gasteiger partial charge in [-0.3, -0.25) is 0 Å². The summed E-state index contributed by atoms with van der Waals surface area (Å²) in [5, 5.41) is 3.23.